The van der Waals surface area contributed by atoms with Gasteiger partial charge in [0.2, 0.25) is 0 Å². The molecule has 4 rings (SSSR count). The van der Waals surface area contributed by atoms with Crippen molar-refractivity contribution in [2.45, 2.75) is 32.2 Å². The number of ether oxygens (including phenoxy) is 1. The maximum Gasteiger partial charge on any atom is 0.300 e. The fourth-order valence-corrected chi connectivity index (χ4v) is 4.74. The average Bonchev–Trinajstić information content (AvgIpc) is 3.40. The van der Waals surface area contributed by atoms with Crippen molar-refractivity contribution in [3.63, 3.8) is 0 Å². The Kier molecular flexibility index (Phi) is 5.84. The molecule has 2 heterocycles. The lowest BCUT2D eigenvalue weighted by Gasteiger charge is -2.25. The van der Waals surface area contributed by atoms with Gasteiger partial charge in [0, 0.05) is 10.6 Å². The van der Waals surface area contributed by atoms with Crippen LogP contribution < -0.4 is 9.64 Å². The van der Waals surface area contributed by atoms with E-state index in [4.69, 9.17) is 4.74 Å². The molecule has 0 spiro atoms. The van der Waals surface area contributed by atoms with Crippen molar-refractivity contribution in [2.75, 3.05) is 12.0 Å². The van der Waals surface area contributed by atoms with E-state index >= 15 is 0 Å². The molecule has 1 aliphatic heterocycles. The molecule has 5 nitrogen and oxygen atoms in total. The first kappa shape index (κ1) is 22.7. The van der Waals surface area contributed by atoms with Crippen LogP contribution in [-0.4, -0.2) is 23.9 Å². The maximum absolute atomic E-state index is 13.5. The normalized spacial score (nSPS) is 18.1. The topological polar surface area (TPSA) is 66.8 Å². The van der Waals surface area contributed by atoms with Gasteiger partial charge in [-0.05, 0) is 58.8 Å². The van der Waals surface area contributed by atoms with Gasteiger partial charge >= 0.3 is 0 Å². The molecule has 1 atom stereocenters. The number of rotatable bonds is 4. The lowest BCUT2D eigenvalue weighted by molar-refractivity contribution is -0.132. The Bertz CT molecular complexity index is 1240. The molecule has 1 N–H and O–H groups in total. The minimum atomic E-state index is -0.849. The van der Waals surface area contributed by atoms with E-state index in [9.17, 15) is 19.1 Å². The fourth-order valence-electron chi connectivity index (χ4n) is 3.92. The lowest BCUT2D eigenvalue weighted by atomic mass is 9.85. The van der Waals surface area contributed by atoms with Crippen LogP contribution in [0.5, 0.6) is 5.75 Å². The largest absolute Gasteiger partial charge is 0.507 e. The standard InChI is InChI=1S/C26H24FNO4S/c1-26(2,3)15-7-12-19(32-4)18(14-15)23(29)21-22(20-6-5-13-33-20)28(25(31)24(21)30)17-10-8-16(27)9-11-17/h5-14,22,29H,1-4H3/b23-21+. The van der Waals surface area contributed by atoms with Gasteiger partial charge in [-0.15, -0.1) is 11.3 Å². The Hall–Kier alpha value is -3.45. The predicted molar refractivity (Wildman–Crippen MR) is 127 cm³/mol. The SMILES string of the molecule is COc1ccc(C(C)(C)C)cc1/C(O)=C1\C(=O)C(=O)N(c2ccc(F)cc2)C1c1cccs1. The number of benzene rings is 2. The van der Waals surface area contributed by atoms with Gasteiger partial charge in [-0.2, -0.15) is 0 Å². The number of carbonyl (C=O) groups is 2. The zero-order valence-electron chi connectivity index (χ0n) is 18.8. The number of anilines is 1. The molecule has 1 saturated heterocycles. The molecule has 1 amide bonds. The number of carbonyl (C=O) groups excluding carboxylic acids is 2. The van der Waals surface area contributed by atoms with E-state index in [1.807, 2.05) is 38.3 Å². The number of hydrogen-bond donors (Lipinski definition) is 1. The summed E-state index contributed by atoms with van der Waals surface area (Å²) in [5, 5.41) is 13.3. The number of halogens is 1. The van der Waals surface area contributed by atoms with Crippen LogP contribution in [-0.2, 0) is 15.0 Å². The highest BCUT2D eigenvalue weighted by molar-refractivity contribution is 7.10. The van der Waals surface area contributed by atoms with Gasteiger partial charge in [-0.3, -0.25) is 14.5 Å². The fraction of sp³-hybridized carbons (Fsp3) is 0.231. The van der Waals surface area contributed by atoms with E-state index in [0.717, 1.165) is 5.56 Å². The number of aliphatic hydroxyl groups is 1. The van der Waals surface area contributed by atoms with E-state index in [0.29, 0.717) is 21.9 Å². The predicted octanol–water partition coefficient (Wildman–Crippen LogP) is 5.82. The van der Waals surface area contributed by atoms with Crippen molar-refractivity contribution in [2.24, 2.45) is 0 Å². The van der Waals surface area contributed by atoms with E-state index < -0.39 is 23.5 Å². The van der Waals surface area contributed by atoms with Crippen LogP contribution in [0.4, 0.5) is 10.1 Å². The van der Waals surface area contributed by atoms with Gasteiger partial charge in [0.05, 0.1) is 18.2 Å². The van der Waals surface area contributed by atoms with Crippen LogP contribution in [0.1, 0.15) is 42.8 Å². The third-order valence-corrected chi connectivity index (χ3v) is 6.61. The number of Topliss-reactive ketones (excluding diaryl/α,β-unsaturated/α-hetero) is 1. The van der Waals surface area contributed by atoms with Crippen molar-refractivity contribution in [1.82, 2.24) is 0 Å². The van der Waals surface area contributed by atoms with Crippen LogP contribution in [0.25, 0.3) is 5.76 Å². The molecule has 2 aromatic carbocycles. The summed E-state index contributed by atoms with van der Waals surface area (Å²) in [6.45, 7) is 6.12. The Morgan fingerprint density at radius 3 is 2.36 bits per heavy atom. The quantitative estimate of drug-likeness (QED) is 0.300. The molecular formula is C26H24FNO4S. The van der Waals surface area contributed by atoms with Gasteiger partial charge in [0.25, 0.3) is 11.7 Å². The Balaban J connectivity index is 1.96. The van der Waals surface area contributed by atoms with Crippen LogP contribution in [0.3, 0.4) is 0 Å². The van der Waals surface area contributed by atoms with E-state index in [1.165, 1.54) is 47.6 Å². The number of thiophene rings is 1. The molecule has 1 unspecified atom stereocenters. The van der Waals surface area contributed by atoms with Gasteiger partial charge < -0.3 is 9.84 Å². The molecule has 170 valence electrons. The summed E-state index contributed by atoms with van der Waals surface area (Å²) in [6, 6.07) is 13.5. The highest BCUT2D eigenvalue weighted by atomic mass is 32.1. The number of amides is 1. The van der Waals surface area contributed by atoms with Crippen molar-refractivity contribution >= 4 is 34.5 Å². The van der Waals surface area contributed by atoms with Crippen LogP contribution in [0.15, 0.2) is 65.6 Å². The van der Waals surface area contributed by atoms with Gasteiger partial charge in [-0.1, -0.05) is 32.9 Å². The first-order valence-corrected chi connectivity index (χ1v) is 11.3. The summed E-state index contributed by atoms with van der Waals surface area (Å²) in [5.74, 6) is -1.96. The van der Waals surface area contributed by atoms with E-state index in [2.05, 4.69) is 0 Å². The number of methoxy groups -OCH3 is 1. The lowest BCUT2D eigenvalue weighted by Crippen LogP contribution is -2.29. The van der Waals surface area contributed by atoms with Gasteiger partial charge in [-0.25, -0.2) is 4.39 Å². The first-order chi connectivity index (χ1) is 15.6. The summed E-state index contributed by atoms with van der Waals surface area (Å²) in [7, 11) is 1.48. The average molecular weight is 466 g/mol. The van der Waals surface area contributed by atoms with Crippen LogP contribution in [0, 0.1) is 5.82 Å². The zero-order valence-corrected chi connectivity index (χ0v) is 19.6. The van der Waals surface area contributed by atoms with Gasteiger partial charge in [0.1, 0.15) is 23.4 Å². The second-order valence-electron chi connectivity index (χ2n) is 8.83. The minimum Gasteiger partial charge on any atom is -0.507 e. The van der Waals surface area contributed by atoms with Crippen molar-refractivity contribution in [3.05, 3.63) is 87.4 Å². The Morgan fingerprint density at radius 2 is 1.79 bits per heavy atom. The first-order valence-electron chi connectivity index (χ1n) is 10.4. The maximum atomic E-state index is 13.5. The summed E-state index contributed by atoms with van der Waals surface area (Å²) in [5.41, 5.74) is 1.39. The highest BCUT2D eigenvalue weighted by Crippen LogP contribution is 2.45. The third kappa shape index (κ3) is 4.04. The number of ketones is 1. The molecule has 1 aliphatic rings. The summed E-state index contributed by atoms with van der Waals surface area (Å²) >= 11 is 1.36. The molecule has 1 fully saturated rings. The highest BCUT2D eigenvalue weighted by Gasteiger charge is 2.47. The van der Waals surface area contributed by atoms with Crippen molar-refractivity contribution in [3.8, 4) is 5.75 Å². The number of hydrogen-bond acceptors (Lipinski definition) is 5. The van der Waals surface area contributed by atoms with Crippen molar-refractivity contribution in [1.29, 1.82) is 0 Å². The smallest absolute Gasteiger partial charge is 0.300 e. The van der Waals surface area contributed by atoms with E-state index in [-0.39, 0.29) is 16.7 Å². The molecular weight excluding hydrogens is 441 g/mol. The summed E-state index contributed by atoms with van der Waals surface area (Å²) < 4.78 is 19.0. The molecule has 0 aliphatic carbocycles. The number of aliphatic hydroxyl groups excluding tert-OH is 1. The zero-order chi connectivity index (χ0) is 23.9. The molecule has 0 bridgehead atoms. The van der Waals surface area contributed by atoms with Crippen molar-refractivity contribution < 1.29 is 23.8 Å². The molecule has 0 saturated carbocycles. The minimum absolute atomic E-state index is 0.0314. The monoisotopic (exact) mass is 465 g/mol. The van der Waals surface area contributed by atoms with Gasteiger partial charge in [0.15, 0.2) is 0 Å². The molecule has 33 heavy (non-hydrogen) atoms. The molecule has 1 aromatic heterocycles. The number of nitrogens with zero attached hydrogens (tertiary/aromatic N) is 1. The van der Waals surface area contributed by atoms with Crippen LogP contribution in [0.2, 0.25) is 0 Å². The second-order valence-corrected chi connectivity index (χ2v) is 9.81. The molecule has 7 heteroatoms. The molecule has 0 radical (unpaired) electrons. The second kappa shape index (κ2) is 8.48. The Morgan fingerprint density at radius 1 is 1.09 bits per heavy atom. The summed E-state index contributed by atoms with van der Waals surface area (Å²) in [6.07, 6.45) is 0. The van der Waals surface area contributed by atoms with E-state index in [1.54, 1.807) is 18.2 Å². The summed E-state index contributed by atoms with van der Waals surface area (Å²) in [4.78, 5) is 28.4. The molecule has 3 aromatic rings. The van der Waals surface area contributed by atoms with Crippen LogP contribution >= 0.6 is 11.3 Å². The Labute approximate surface area is 195 Å². The third-order valence-electron chi connectivity index (χ3n) is 5.68.